The number of unbranched alkanes of at least 4 members (excludes halogenated alkanes) is 2. The van der Waals surface area contributed by atoms with E-state index in [1.807, 2.05) is 0 Å². The Labute approximate surface area is 166 Å². The van der Waals surface area contributed by atoms with Gasteiger partial charge in [-0.05, 0) is 72.8 Å². The standard InChI is InChI=1S/C24H29ClF2/c1-2-3-4-5-17-6-10-20(11-7-17)21-12-8-18(9-13-21)14-19-15-22(26)24(25)23(27)16-19/h8-9,12-13,15-17,20H,2-7,10-11,14H2,1H3. The molecule has 0 bridgehead atoms. The molecule has 0 spiro atoms. The van der Waals surface area contributed by atoms with Crippen LogP contribution in [-0.2, 0) is 6.42 Å². The number of benzene rings is 2. The molecule has 0 saturated heterocycles. The van der Waals surface area contributed by atoms with Crippen LogP contribution in [0.1, 0.15) is 80.9 Å². The number of halogens is 3. The molecule has 27 heavy (non-hydrogen) atoms. The Morgan fingerprint density at radius 1 is 0.889 bits per heavy atom. The fourth-order valence-corrected chi connectivity index (χ4v) is 4.43. The first-order valence-corrected chi connectivity index (χ1v) is 10.7. The van der Waals surface area contributed by atoms with E-state index in [0.717, 1.165) is 11.5 Å². The molecule has 0 amide bonds. The van der Waals surface area contributed by atoms with Gasteiger partial charge in [0, 0.05) is 0 Å². The van der Waals surface area contributed by atoms with Crippen molar-refractivity contribution in [2.24, 2.45) is 5.92 Å². The lowest BCUT2D eigenvalue weighted by Crippen LogP contribution is -2.13. The van der Waals surface area contributed by atoms with E-state index in [4.69, 9.17) is 11.6 Å². The second-order valence-electron chi connectivity index (χ2n) is 8.01. The van der Waals surface area contributed by atoms with Gasteiger partial charge in [-0.2, -0.15) is 0 Å². The first-order chi connectivity index (χ1) is 13.1. The summed E-state index contributed by atoms with van der Waals surface area (Å²) in [5.41, 5.74) is 3.07. The average molecular weight is 391 g/mol. The maximum Gasteiger partial charge on any atom is 0.145 e. The van der Waals surface area contributed by atoms with E-state index >= 15 is 0 Å². The summed E-state index contributed by atoms with van der Waals surface area (Å²) in [5.74, 6) is 0.187. The van der Waals surface area contributed by atoms with Crippen LogP contribution >= 0.6 is 11.6 Å². The normalized spacial score (nSPS) is 20.0. The van der Waals surface area contributed by atoms with Gasteiger partial charge in [-0.3, -0.25) is 0 Å². The van der Waals surface area contributed by atoms with E-state index in [-0.39, 0.29) is 0 Å². The molecular weight excluding hydrogens is 362 g/mol. The third kappa shape index (κ3) is 5.54. The van der Waals surface area contributed by atoms with Gasteiger partial charge in [-0.15, -0.1) is 0 Å². The summed E-state index contributed by atoms with van der Waals surface area (Å²) in [5, 5.41) is -0.431. The van der Waals surface area contributed by atoms with Gasteiger partial charge in [0.2, 0.25) is 0 Å². The molecule has 3 heteroatoms. The van der Waals surface area contributed by atoms with Crippen molar-refractivity contribution in [1.29, 1.82) is 0 Å². The zero-order valence-corrected chi connectivity index (χ0v) is 16.9. The topological polar surface area (TPSA) is 0 Å². The summed E-state index contributed by atoms with van der Waals surface area (Å²) in [4.78, 5) is 0. The number of hydrogen-bond acceptors (Lipinski definition) is 0. The Morgan fingerprint density at radius 3 is 2.11 bits per heavy atom. The minimum atomic E-state index is -0.695. The van der Waals surface area contributed by atoms with Crippen LogP contribution < -0.4 is 0 Å². The smallest absolute Gasteiger partial charge is 0.145 e. The van der Waals surface area contributed by atoms with Crippen LogP contribution in [0.4, 0.5) is 8.78 Å². The molecule has 0 radical (unpaired) electrons. The quantitative estimate of drug-likeness (QED) is 0.331. The largest absolute Gasteiger partial charge is 0.205 e. The van der Waals surface area contributed by atoms with Crippen molar-refractivity contribution in [3.63, 3.8) is 0 Å². The highest BCUT2D eigenvalue weighted by molar-refractivity contribution is 6.30. The van der Waals surface area contributed by atoms with Crippen molar-refractivity contribution in [3.05, 3.63) is 69.7 Å². The van der Waals surface area contributed by atoms with Gasteiger partial charge in [-0.1, -0.05) is 68.5 Å². The minimum Gasteiger partial charge on any atom is -0.205 e. The third-order valence-electron chi connectivity index (χ3n) is 5.97. The van der Waals surface area contributed by atoms with Crippen LogP contribution in [-0.4, -0.2) is 0 Å². The summed E-state index contributed by atoms with van der Waals surface area (Å²) in [7, 11) is 0. The SMILES string of the molecule is CCCCCC1CCC(c2ccc(Cc3cc(F)c(Cl)c(F)c3)cc2)CC1. The molecular formula is C24H29ClF2. The highest BCUT2D eigenvalue weighted by Gasteiger charge is 2.22. The zero-order chi connectivity index (χ0) is 19.2. The zero-order valence-electron chi connectivity index (χ0n) is 16.1. The summed E-state index contributed by atoms with van der Waals surface area (Å²) in [6, 6.07) is 11.2. The predicted molar refractivity (Wildman–Crippen MR) is 109 cm³/mol. The van der Waals surface area contributed by atoms with Crippen LogP contribution in [0.3, 0.4) is 0 Å². The average Bonchev–Trinajstić information content (AvgIpc) is 2.67. The Morgan fingerprint density at radius 2 is 1.52 bits per heavy atom. The Balaban J connectivity index is 1.55. The van der Waals surface area contributed by atoms with Gasteiger partial charge in [0.1, 0.15) is 16.7 Å². The van der Waals surface area contributed by atoms with E-state index in [2.05, 4.69) is 31.2 Å². The van der Waals surface area contributed by atoms with Crippen LogP contribution in [0.25, 0.3) is 0 Å². The van der Waals surface area contributed by atoms with Crippen molar-refractivity contribution < 1.29 is 8.78 Å². The summed E-state index contributed by atoms with van der Waals surface area (Å²) < 4.78 is 27.2. The third-order valence-corrected chi connectivity index (χ3v) is 6.33. The maximum absolute atomic E-state index is 13.6. The molecule has 0 aromatic heterocycles. The van der Waals surface area contributed by atoms with Gasteiger partial charge in [0.05, 0.1) is 0 Å². The monoisotopic (exact) mass is 390 g/mol. The second-order valence-corrected chi connectivity index (χ2v) is 8.38. The molecule has 146 valence electrons. The Hall–Kier alpha value is -1.41. The molecule has 1 saturated carbocycles. The summed E-state index contributed by atoms with van der Waals surface area (Å²) >= 11 is 5.55. The summed E-state index contributed by atoms with van der Waals surface area (Å²) in [6.45, 7) is 2.26. The highest BCUT2D eigenvalue weighted by Crippen LogP contribution is 2.37. The van der Waals surface area contributed by atoms with Crippen molar-refractivity contribution in [3.8, 4) is 0 Å². The molecule has 1 fully saturated rings. The molecule has 0 heterocycles. The fourth-order valence-electron chi connectivity index (χ4n) is 4.32. The van der Waals surface area contributed by atoms with Gasteiger partial charge in [0.15, 0.2) is 0 Å². The van der Waals surface area contributed by atoms with E-state index < -0.39 is 16.7 Å². The predicted octanol–water partition coefficient (Wildman–Crippen LogP) is 8.06. The lowest BCUT2D eigenvalue weighted by molar-refractivity contribution is 0.303. The molecule has 1 aliphatic carbocycles. The van der Waals surface area contributed by atoms with Crippen molar-refractivity contribution >= 4 is 11.6 Å². The maximum atomic E-state index is 13.6. The van der Waals surface area contributed by atoms with Crippen LogP contribution in [0.5, 0.6) is 0 Å². The van der Waals surface area contributed by atoms with Crippen molar-refractivity contribution in [2.45, 2.75) is 70.6 Å². The molecule has 0 atom stereocenters. The van der Waals surface area contributed by atoms with Crippen LogP contribution in [0.15, 0.2) is 36.4 Å². The molecule has 0 N–H and O–H groups in total. The Kier molecular flexibility index (Phi) is 7.29. The lowest BCUT2D eigenvalue weighted by Gasteiger charge is -2.29. The van der Waals surface area contributed by atoms with Crippen LogP contribution in [0, 0.1) is 17.6 Å². The Bertz CT molecular complexity index is 708. The minimum absolute atomic E-state index is 0.431. The highest BCUT2D eigenvalue weighted by atomic mass is 35.5. The van der Waals surface area contributed by atoms with Gasteiger partial charge in [0.25, 0.3) is 0 Å². The molecule has 3 rings (SSSR count). The van der Waals surface area contributed by atoms with Gasteiger partial charge in [-0.25, -0.2) is 8.78 Å². The first-order valence-electron chi connectivity index (χ1n) is 10.3. The van der Waals surface area contributed by atoms with E-state index in [0.29, 0.717) is 17.9 Å². The lowest BCUT2D eigenvalue weighted by atomic mass is 9.77. The second kappa shape index (κ2) is 9.68. The number of hydrogen-bond donors (Lipinski definition) is 0. The first kappa shape index (κ1) is 20.3. The van der Waals surface area contributed by atoms with Crippen molar-refractivity contribution in [2.75, 3.05) is 0 Å². The summed E-state index contributed by atoms with van der Waals surface area (Å²) in [6.07, 6.45) is 11.2. The fraction of sp³-hybridized carbons (Fsp3) is 0.500. The van der Waals surface area contributed by atoms with Crippen molar-refractivity contribution in [1.82, 2.24) is 0 Å². The van der Waals surface area contributed by atoms with E-state index in [9.17, 15) is 8.78 Å². The number of rotatable bonds is 7. The molecule has 1 aliphatic rings. The van der Waals surface area contributed by atoms with Gasteiger partial charge >= 0.3 is 0 Å². The van der Waals surface area contributed by atoms with E-state index in [1.54, 1.807) is 0 Å². The molecule has 0 aliphatic heterocycles. The molecule has 0 nitrogen and oxygen atoms in total. The molecule has 2 aromatic carbocycles. The molecule has 2 aromatic rings. The van der Waals surface area contributed by atoms with E-state index in [1.165, 1.54) is 69.1 Å². The molecule has 0 unspecified atom stereocenters. The van der Waals surface area contributed by atoms with Crippen LogP contribution in [0.2, 0.25) is 5.02 Å². The van der Waals surface area contributed by atoms with Gasteiger partial charge < -0.3 is 0 Å².